The molecular formula is C22H23N3O6S. The lowest BCUT2D eigenvalue weighted by atomic mass is 10.1. The summed E-state index contributed by atoms with van der Waals surface area (Å²) in [7, 11) is -3.46. The molecule has 2 aromatic rings. The number of carbonyl (C=O) groups excluding carboxylic acids is 4. The van der Waals surface area contributed by atoms with Crippen molar-refractivity contribution in [3.8, 4) is 0 Å². The zero-order chi connectivity index (χ0) is 23.6. The molecule has 0 fully saturated rings. The van der Waals surface area contributed by atoms with Gasteiger partial charge in [-0.25, -0.2) is 8.42 Å². The number of hydrogen-bond acceptors (Lipinski definition) is 6. The van der Waals surface area contributed by atoms with Crippen LogP contribution in [0.15, 0.2) is 42.5 Å². The molecule has 0 bridgehead atoms. The molecule has 0 spiro atoms. The molecule has 4 amide bonds. The predicted octanol–water partition coefficient (Wildman–Crippen LogP) is 1.99. The summed E-state index contributed by atoms with van der Waals surface area (Å²) < 4.78 is 23.5. The number of amides is 4. The number of benzene rings is 2. The zero-order valence-corrected chi connectivity index (χ0v) is 18.7. The average Bonchev–Trinajstić information content (AvgIpc) is 2.95. The van der Waals surface area contributed by atoms with Crippen molar-refractivity contribution in [3.05, 3.63) is 59.2 Å². The minimum atomic E-state index is -3.46. The third-order valence-corrected chi connectivity index (χ3v) is 6.08. The molecule has 3 rings (SSSR count). The summed E-state index contributed by atoms with van der Waals surface area (Å²) in [5.41, 5.74) is 1.75. The fourth-order valence-corrected chi connectivity index (χ4v) is 4.16. The van der Waals surface area contributed by atoms with Crippen molar-refractivity contribution in [3.63, 3.8) is 0 Å². The number of anilines is 2. The highest BCUT2D eigenvalue weighted by molar-refractivity contribution is 7.90. The van der Waals surface area contributed by atoms with Crippen LogP contribution in [0.25, 0.3) is 0 Å². The molecule has 2 N–H and O–H groups in total. The van der Waals surface area contributed by atoms with E-state index in [1.807, 2.05) is 0 Å². The predicted molar refractivity (Wildman–Crippen MR) is 119 cm³/mol. The summed E-state index contributed by atoms with van der Waals surface area (Å²) in [5, 5.41) is 5.33. The van der Waals surface area contributed by atoms with Gasteiger partial charge in [0.1, 0.15) is 15.9 Å². The molecule has 1 aliphatic rings. The highest BCUT2D eigenvalue weighted by Crippen LogP contribution is 2.28. The number of sulfone groups is 1. The van der Waals surface area contributed by atoms with E-state index in [1.54, 1.807) is 37.3 Å². The van der Waals surface area contributed by atoms with Gasteiger partial charge in [0.2, 0.25) is 11.8 Å². The smallest absolute Gasteiger partial charge is 0.262 e. The number of imide groups is 1. The van der Waals surface area contributed by atoms with Crippen LogP contribution in [0.2, 0.25) is 0 Å². The van der Waals surface area contributed by atoms with Crippen LogP contribution < -0.4 is 10.6 Å². The zero-order valence-electron chi connectivity index (χ0n) is 17.8. The second-order valence-electron chi connectivity index (χ2n) is 7.61. The van der Waals surface area contributed by atoms with Crippen LogP contribution in [-0.2, 0) is 19.4 Å². The van der Waals surface area contributed by atoms with E-state index in [9.17, 15) is 27.6 Å². The Morgan fingerprint density at radius 1 is 0.938 bits per heavy atom. The number of carbonyl (C=O) groups is 4. The van der Waals surface area contributed by atoms with Gasteiger partial charge in [0.05, 0.1) is 16.9 Å². The van der Waals surface area contributed by atoms with Crippen molar-refractivity contribution in [1.29, 1.82) is 0 Å². The SMILES string of the molecule is CC(=O)Nc1cccc(NC(=O)C(CCS(C)(=O)=O)N2C(=O)c3ccccc3C2=O)c1C. The normalized spacial score (nSPS) is 14.2. The van der Waals surface area contributed by atoms with E-state index in [0.29, 0.717) is 16.9 Å². The largest absolute Gasteiger partial charge is 0.326 e. The molecule has 1 unspecified atom stereocenters. The molecule has 168 valence electrons. The fourth-order valence-electron chi connectivity index (χ4n) is 3.51. The van der Waals surface area contributed by atoms with Gasteiger partial charge >= 0.3 is 0 Å². The van der Waals surface area contributed by atoms with E-state index in [2.05, 4.69) is 10.6 Å². The van der Waals surface area contributed by atoms with Gasteiger partial charge in [0.25, 0.3) is 11.8 Å². The van der Waals surface area contributed by atoms with E-state index < -0.39 is 33.6 Å². The van der Waals surface area contributed by atoms with Crippen molar-refractivity contribution in [2.75, 3.05) is 22.6 Å². The van der Waals surface area contributed by atoms with Gasteiger partial charge in [-0.3, -0.25) is 24.1 Å². The molecule has 0 saturated heterocycles. The third kappa shape index (κ3) is 4.86. The molecular weight excluding hydrogens is 434 g/mol. The Bertz CT molecular complexity index is 1190. The van der Waals surface area contributed by atoms with E-state index in [0.717, 1.165) is 11.2 Å². The lowest BCUT2D eigenvalue weighted by Gasteiger charge is -2.25. The Morgan fingerprint density at radius 2 is 1.47 bits per heavy atom. The van der Waals surface area contributed by atoms with Gasteiger partial charge in [-0.1, -0.05) is 18.2 Å². The molecule has 0 aliphatic carbocycles. The molecule has 10 heteroatoms. The molecule has 9 nitrogen and oxygen atoms in total. The molecule has 0 saturated carbocycles. The molecule has 1 aliphatic heterocycles. The first-order valence-corrected chi connectivity index (χ1v) is 11.9. The van der Waals surface area contributed by atoms with E-state index in [-0.39, 0.29) is 29.2 Å². The minimum absolute atomic E-state index is 0.165. The fraction of sp³-hybridized carbons (Fsp3) is 0.273. The third-order valence-electron chi connectivity index (χ3n) is 5.10. The van der Waals surface area contributed by atoms with Crippen LogP contribution in [0.3, 0.4) is 0 Å². The van der Waals surface area contributed by atoms with Gasteiger partial charge < -0.3 is 10.6 Å². The second-order valence-corrected chi connectivity index (χ2v) is 9.87. The average molecular weight is 458 g/mol. The summed E-state index contributed by atoms with van der Waals surface area (Å²) in [4.78, 5) is 51.2. The lowest BCUT2D eigenvalue weighted by Crippen LogP contribution is -2.48. The van der Waals surface area contributed by atoms with Crippen molar-refractivity contribution in [2.24, 2.45) is 0 Å². The maximum atomic E-state index is 13.2. The van der Waals surface area contributed by atoms with Crippen LogP contribution in [0.4, 0.5) is 11.4 Å². The Kier molecular flexibility index (Phi) is 6.45. The van der Waals surface area contributed by atoms with Gasteiger partial charge in [-0.2, -0.15) is 0 Å². The van der Waals surface area contributed by atoms with Gasteiger partial charge in [0, 0.05) is 24.6 Å². The van der Waals surface area contributed by atoms with Crippen LogP contribution in [0.1, 0.15) is 39.6 Å². The summed E-state index contributed by atoms with van der Waals surface area (Å²) in [6, 6.07) is 9.75. The van der Waals surface area contributed by atoms with Gasteiger partial charge in [-0.05, 0) is 43.2 Å². The monoisotopic (exact) mass is 457 g/mol. The Balaban J connectivity index is 1.93. The maximum absolute atomic E-state index is 13.2. The number of rotatable bonds is 7. The quantitative estimate of drug-likeness (QED) is 0.612. The Labute approximate surface area is 185 Å². The number of fused-ring (bicyclic) bond motifs is 1. The number of hydrogen-bond donors (Lipinski definition) is 2. The summed E-state index contributed by atoms with van der Waals surface area (Å²) >= 11 is 0. The number of nitrogens with zero attached hydrogens (tertiary/aromatic N) is 1. The summed E-state index contributed by atoms with van der Waals surface area (Å²) in [6.07, 6.45) is 0.770. The first kappa shape index (κ1) is 23.1. The van der Waals surface area contributed by atoms with Crippen LogP contribution in [0.5, 0.6) is 0 Å². The molecule has 32 heavy (non-hydrogen) atoms. The Hall–Kier alpha value is -3.53. The summed E-state index contributed by atoms with van der Waals surface area (Å²) in [6.45, 7) is 3.04. The topological polar surface area (TPSA) is 130 Å². The van der Waals surface area contributed by atoms with Gasteiger partial charge in [-0.15, -0.1) is 0 Å². The second kappa shape index (κ2) is 8.91. The van der Waals surface area contributed by atoms with Gasteiger partial charge in [0.15, 0.2) is 0 Å². The van der Waals surface area contributed by atoms with Crippen molar-refractivity contribution >= 4 is 44.8 Å². The summed E-state index contributed by atoms with van der Waals surface area (Å²) in [5.74, 6) is -2.67. The first-order chi connectivity index (χ1) is 15.0. The van der Waals surface area contributed by atoms with E-state index in [1.165, 1.54) is 19.1 Å². The molecule has 1 atom stereocenters. The molecule has 2 aromatic carbocycles. The highest BCUT2D eigenvalue weighted by Gasteiger charge is 2.42. The molecule has 0 radical (unpaired) electrons. The van der Waals surface area contributed by atoms with Crippen molar-refractivity contribution in [1.82, 2.24) is 4.90 Å². The standard InChI is InChI=1S/C22H23N3O6S/c1-13-17(23-14(2)26)9-6-10-18(13)24-20(27)19(11-12-32(3,30)31)25-21(28)15-7-4-5-8-16(15)22(25)29/h4-10,19H,11-12H2,1-3H3,(H,23,26)(H,24,27). The van der Waals surface area contributed by atoms with E-state index in [4.69, 9.17) is 0 Å². The van der Waals surface area contributed by atoms with Crippen molar-refractivity contribution < 1.29 is 27.6 Å². The van der Waals surface area contributed by atoms with E-state index >= 15 is 0 Å². The highest BCUT2D eigenvalue weighted by atomic mass is 32.2. The van der Waals surface area contributed by atoms with Crippen LogP contribution in [-0.4, -0.2) is 55.0 Å². The molecule has 0 aromatic heterocycles. The number of nitrogens with one attached hydrogen (secondary N) is 2. The molecule has 1 heterocycles. The van der Waals surface area contributed by atoms with Crippen LogP contribution >= 0.6 is 0 Å². The minimum Gasteiger partial charge on any atom is -0.326 e. The Morgan fingerprint density at radius 3 is 1.97 bits per heavy atom. The lowest BCUT2D eigenvalue weighted by molar-refractivity contribution is -0.120. The van der Waals surface area contributed by atoms with Crippen LogP contribution in [0, 0.1) is 6.92 Å². The first-order valence-electron chi connectivity index (χ1n) is 9.82. The maximum Gasteiger partial charge on any atom is 0.262 e. The van der Waals surface area contributed by atoms with Crippen molar-refractivity contribution in [2.45, 2.75) is 26.3 Å².